The maximum atomic E-state index is 13.3. The lowest BCUT2D eigenvalue weighted by atomic mass is 10.1. The highest BCUT2D eigenvalue weighted by Crippen LogP contribution is 2.37. The normalized spacial score (nSPS) is 11.5. The van der Waals surface area contributed by atoms with Gasteiger partial charge >= 0.3 is 0 Å². The number of ether oxygens (including phenoxy) is 1. The van der Waals surface area contributed by atoms with Gasteiger partial charge in [0.05, 0.1) is 12.1 Å². The number of halogens is 3. The zero-order valence-corrected chi connectivity index (χ0v) is 8.74. The first-order chi connectivity index (χ1) is 6.51. The van der Waals surface area contributed by atoms with Crippen molar-refractivity contribution in [3.63, 3.8) is 0 Å². The van der Waals surface area contributed by atoms with Gasteiger partial charge in [0.2, 0.25) is 0 Å². The SMILES string of the molecule is CCC(F)(F)c1ccc(OC)cc1Cl. The van der Waals surface area contributed by atoms with Gasteiger partial charge in [-0.15, -0.1) is 0 Å². The van der Waals surface area contributed by atoms with Crippen LogP contribution in [0.4, 0.5) is 8.78 Å². The molecule has 0 saturated heterocycles. The summed E-state index contributed by atoms with van der Waals surface area (Å²) in [7, 11) is 1.46. The predicted octanol–water partition coefficient (Wildman–Crippen LogP) is 3.85. The Morgan fingerprint density at radius 3 is 2.50 bits per heavy atom. The van der Waals surface area contributed by atoms with Crippen molar-refractivity contribution in [3.8, 4) is 5.75 Å². The van der Waals surface area contributed by atoms with Crippen molar-refractivity contribution in [3.05, 3.63) is 28.8 Å². The molecule has 1 aromatic carbocycles. The average Bonchev–Trinajstić information content (AvgIpc) is 2.17. The van der Waals surface area contributed by atoms with Crippen molar-refractivity contribution < 1.29 is 13.5 Å². The summed E-state index contributed by atoms with van der Waals surface area (Å²) in [5.41, 5.74) is -0.150. The molecule has 0 radical (unpaired) electrons. The van der Waals surface area contributed by atoms with Crippen molar-refractivity contribution in [2.75, 3.05) is 7.11 Å². The summed E-state index contributed by atoms with van der Waals surface area (Å²) in [6.07, 6.45) is -0.265. The highest BCUT2D eigenvalue weighted by molar-refractivity contribution is 6.31. The van der Waals surface area contributed by atoms with E-state index < -0.39 is 5.92 Å². The highest BCUT2D eigenvalue weighted by atomic mass is 35.5. The zero-order valence-electron chi connectivity index (χ0n) is 7.98. The lowest BCUT2D eigenvalue weighted by molar-refractivity contribution is -0.00819. The van der Waals surface area contributed by atoms with Gasteiger partial charge in [0, 0.05) is 12.0 Å². The van der Waals surface area contributed by atoms with Crippen molar-refractivity contribution >= 4 is 11.6 Å². The van der Waals surface area contributed by atoms with Crippen molar-refractivity contribution in [2.45, 2.75) is 19.3 Å². The maximum Gasteiger partial charge on any atom is 0.274 e. The fourth-order valence-electron chi connectivity index (χ4n) is 1.11. The summed E-state index contributed by atoms with van der Waals surface area (Å²) in [6.45, 7) is 1.42. The van der Waals surface area contributed by atoms with E-state index in [4.69, 9.17) is 16.3 Å². The summed E-state index contributed by atoms with van der Waals surface area (Å²) in [5, 5.41) is 0.0381. The number of methoxy groups -OCH3 is 1. The van der Waals surface area contributed by atoms with Gasteiger partial charge < -0.3 is 4.74 Å². The van der Waals surface area contributed by atoms with Crippen LogP contribution in [0, 0.1) is 0 Å². The van der Waals surface area contributed by atoms with E-state index in [1.807, 2.05) is 0 Å². The van der Waals surface area contributed by atoms with Crippen LogP contribution in [0.25, 0.3) is 0 Å². The quantitative estimate of drug-likeness (QED) is 0.752. The number of hydrogen-bond donors (Lipinski definition) is 0. The second-order valence-corrected chi connectivity index (χ2v) is 3.31. The molecule has 0 fully saturated rings. The minimum absolute atomic E-state index is 0.0381. The topological polar surface area (TPSA) is 9.23 Å². The van der Waals surface area contributed by atoms with Crippen LogP contribution in [0.5, 0.6) is 5.75 Å². The lowest BCUT2D eigenvalue weighted by Gasteiger charge is -2.16. The van der Waals surface area contributed by atoms with E-state index in [1.165, 1.54) is 32.2 Å². The first-order valence-electron chi connectivity index (χ1n) is 4.23. The third-order valence-corrected chi connectivity index (χ3v) is 2.33. The maximum absolute atomic E-state index is 13.3. The number of alkyl halides is 2. The Bertz CT molecular complexity index is 326. The van der Waals surface area contributed by atoms with E-state index in [1.54, 1.807) is 0 Å². The Labute approximate surface area is 86.6 Å². The molecule has 14 heavy (non-hydrogen) atoms. The van der Waals surface area contributed by atoms with Gasteiger partial charge in [-0.1, -0.05) is 18.5 Å². The standard InChI is InChI=1S/C10H11ClF2O/c1-3-10(12,13)8-5-4-7(14-2)6-9(8)11/h4-6H,3H2,1-2H3. The van der Waals surface area contributed by atoms with Crippen LogP contribution in [0.1, 0.15) is 18.9 Å². The fourth-order valence-corrected chi connectivity index (χ4v) is 1.42. The van der Waals surface area contributed by atoms with E-state index in [-0.39, 0.29) is 17.0 Å². The summed E-state index contributed by atoms with van der Waals surface area (Å²) in [5.74, 6) is -2.39. The minimum atomic E-state index is -2.87. The zero-order chi connectivity index (χ0) is 10.8. The molecule has 0 spiro atoms. The molecule has 0 atom stereocenters. The number of rotatable bonds is 3. The Morgan fingerprint density at radius 2 is 2.07 bits per heavy atom. The molecular formula is C10H11ClF2O. The van der Waals surface area contributed by atoms with E-state index >= 15 is 0 Å². The van der Waals surface area contributed by atoms with E-state index in [9.17, 15) is 8.78 Å². The van der Waals surface area contributed by atoms with Crippen LogP contribution in [-0.2, 0) is 5.92 Å². The van der Waals surface area contributed by atoms with Gasteiger partial charge in [-0.3, -0.25) is 0 Å². The average molecular weight is 221 g/mol. The molecule has 0 aromatic heterocycles. The first-order valence-corrected chi connectivity index (χ1v) is 4.61. The van der Waals surface area contributed by atoms with Crippen molar-refractivity contribution in [2.24, 2.45) is 0 Å². The second kappa shape index (κ2) is 4.13. The van der Waals surface area contributed by atoms with Crippen LogP contribution in [0.3, 0.4) is 0 Å². The Hall–Kier alpha value is -0.830. The summed E-state index contributed by atoms with van der Waals surface area (Å²) < 4.78 is 31.4. The molecule has 0 aliphatic carbocycles. The first kappa shape index (κ1) is 11.2. The molecule has 0 saturated carbocycles. The molecule has 0 N–H and O–H groups in total. The molecule has 0 aliphatic rings. The molecule has 0 heterocycles. The molecule has 4 heteroatoms. The summed E-state index contributed by atoms with van der Waals surface area (Å²) in [6, 6.07) is 4.16. The molecule has 0 aliphatic heterocycles. The number of benzene rings is 1. The van der Waals surface area contributed by atoms with Gasteiger partial charge in [-0.2, -0.15) is 0 Å². The molecule has 78 valence electrons. The van der Waals surface area contributed by atoms with Crippen LogP contribution < -0.4 is 4.74 Å². The molecule has 0 amide bonds. The van der Waals surface area contributed by atoms with Gasteiger partial charge in [0.15, 0.2) is 0 Å². The largest absolute Gasteiger partial charge is 0.497 e. The minimum Gasteiger partial charge on any atom is -0.497 e. The Balaban J connectivity index is 3.12. The number of hydrogen-bond acceptors (Lipinski definition) is 1. The lowest BCUT2D eigenvalue weighted by Crippen LogP contribution is -2.12. The van der Waals surface area contributed by atoms with Gasteiger partial charge in [-0.05, 0) is 18.2 Å². The van der Waals surface area contributed by atoms with Gasteiger partial charge in [0.25, 0.3) is 5.92 Å². The Morgan fingerprint density at radius 1 is 1.43 bits per heavy atom. The fraction of sp³-hybridized carbons (Fsp3) is 0.400. The molecule has 1 aromatic rings. The van der Waals surface area contributed by atoms with Crippen LogP contribution in [-0.4, -0.2) is 7.11 Å². The Kier molecular flexibility index (Phi) is 3.32. The van der Waals surface area contributed by atoms with Crippen LogP contribution >= 0.6 is 11.6 Å². The molecule has 0 bridgehead atoms. The highest BCUT2D eigenvalue weighted by Gasteiger charge is 2.31. The summed E-state index contributed by atoms with van der Waals surface area (Å²) in [4.78, 5) is 0. The van der Waals surface area contributed by atoms with Gasteiger partial charge in [0.1, 0.15) is 5.75 Å². The third-order valence-electron chi connectivity index (χ3n) is 2.01. The van der Waals surface area contributed by atoms with E-state index in [2.05, 4.69) is 0 Å². The summed E-state index contributed by atoms with van der Waals surface area (Å²) >= 11 is 5.71. The molecule has 1 nitrogen and oxygen atoms in total. The van der Waals surface area contributed by atoms with Crippen LogP contribution in [0.15, 0.2) is 18.2 Å². The monoisotopic (exact) mass is 220 g/mol. The smallest absolute Gasteiger partial charge is 0.274 e. The van der Waals surface area contributed by atoms with E-state index in [0.29, 0.717) is 5.75 Å². The second-order valence-electron chi connectivity index (χ2n) is 2.90. The van der Waals surface area contributed by atoms with Crippen molar-refractivity contribution in [1.82, 2.24) is 0 Å². The van der Waals surface area contributed by atoms with E-state index in [0.717, 1.165) is 0 Å². The van der Waals surface area contributed by atoms with Gasteiger partial charge in [-0.25, -0.2) is 8.78 Å². The molecular weight excluding hydrogens is 210 g/mol. The predicted molar refractivity (Wildman–Crippen MR) is 52.2 cm³/mol. The molecule has 0 unspecified atom stereocenters. The van der Waals surface area contributed by atoms with Crippen LogP contribution in [0.2, 0.25) is 5.02 Å². The third kappa shape index (κ3) is 2.15. The van der Waals surface area contributed by atoms with Crippen molar-refractivity contribution in [1.29, 1.82) is 0 Å². The molecule has 1 rings (SSSR count).